The van der Waals surface area contributed by atoms with Crippen LogP contribution in [-0.2, 0) is 9.53 Å². The summed E-state index contributed by atoms with van der Waals surface area (Å²) in [5.74, 6) is -0.939. The topological polar surface area (TPSA) is 66.8 Å². The molecule has 1 heterocycles. The summed E-state index contributed by atoms with van der Waals surface area (Å²) in [6.45, 7) is 10.1. The van der Waals surface area contributed by atoms with Crippen molar-refractivity contribution in [1.82, 2.24) is 4.90 Å². The van der Waals surface area contributed by atoms with Gasteiger partial charge in [-0.15, -0.1) is 0 Å². The van der Waals surface area contributed by atoms with E-state index in [9.17, 15) is 14.7 Å². The highest BCUT2D eigenvalue weighted by Crippen LogP contribution is 2.68. The first kappa shape index (κ1) is 14.2. The molecule has 2 atom stereocenters. The first-order chi connectivity index (χ1) is 8.47. The van der Waals surface area contributed by atoms with Crippen LogP contribution in [0.3, 0.4) is 0 Å². The number of ether oxygens (including phenoxy) is 1. The van der Waals surface area contributed by atoms with Crippen molar-refractivity contribution in [1.29, 1.82) is 0 Å². The minimum atomic E-state index is -0.939. The van der Waals surface area contributed by atoms with Crippen LogP contribution in [0.5, 0.6) is 0 Å². The van der Waals surface area contributed by atoms with Crippen LogP contribution in [-0.4, -0.2) is 40.3 Å². The van der Waals surface area contributed by atoms with Crippen LogP contribution in [0.1, 0.15) is 47.5 Å². The zero-order valence-electron chi connectivity index (χ0n) is 12.3. The molecule has 2 rings (SSSR count). The van der Waals surface area contributed by atoms with E-state index in [0.717, 1.165) is 6.42 Å². The van der Waals surface area contributed by atoms with Crippen LogP contribution in [0.4, 0.5) is 4.79 Å². The highest BCUT2D eigenvalue weighted by Gasteiger charge is 2.67. The normalized spacial score (nSPS) is 32.5. The van der Waals surface area contributed by atoms with Crippen molar-refractivity contribution in [2.24, 2.45) is 10.8 Å². The monoisotopic (exact) mass is 269 g/mol. The third kappa shape index (κ3) is 2.42. The number of likely N-dealkylation sites (tertiary alicyclic amines) is 1. The number of amides is 1. The molecule has 1 aliphatic carbocycles. The maximum Gasteiger partial charge on any atom is 0.411 e. The van der Waals surface area contributed by atoms with Gasteiger partial charge in [-0.3, -0.25) is 4.90 Å². The Kier molecular flexibility index (Phi) is 2.88. The third-order valence-electron chi connectivity index (χ3n) is 4.44. The molecule has 0 bridgehead atoms. The van der Waals surface area contributed by atoms with Crippen molar-refractivity contribution in [3.63, 3.8) is 0 Å². The summed E-state index contributed by atoms with van der Waals surface area (Å²) in [6.07, 6.45) is 0.997. The van der Waals surface area contributed by atoms with Gasteiger partial charge in [-0.25, -0.2) is 9.59 Å². The van der Waals surface area contributed by atoms with Gasteiger partial charge in [0.25, 0.3) is 0 Å². The Hall–Kier alpha value is -1.26. The van der Waals surface area contributed by atoms with E-state index in [2.05, 4.69) is 13.8 Å². The molecule has 108 valence electrons. The molecule has 1 unspecified atom stereocenters. The minimum Gasteiger partial charge on any atom is -0.480 e. The fraction of sp³-hybridized carbons (Fsp3) is 0.857. The van der Waals surface area contributed by atoms with Gasteiger partial charge in [0.05, 0.1) is 0 Å². The van der Waals surface area contributed by atoms with Crippen LogP contribution in [0.15, 0.2) is 0 Å². The quantitative estimate of drug-likeness (QED) is 0.794. The van der Waals surface area contributed by atoms with Gasteiger partial charge in [0.15, 0.2) is 0 Å². The van der Waals surface area contributed by atoms with Gasteiger partial charge in [-0.05, 0) is 44.4 Å². The van der Waals surface area contributed by atoms with Gasteiger partial charge >= 0.3 is 12.1 Å². The smallest absolute Gasteiger partial charge is 0.411 e. The Morgan fingerprint density at radius 1 is 1.32 bits per heavy atom. The first-order valence-corrected chi connectivity index (χ1v) is 6.70. The molecular weight excluding hydrogens is 246 g/mol. The first-order valence-electron chi connectivity index (χ1n) is 6.70. The lowest BCUT2D eigenvalue weighted by Gasteiger charge is -2.27. The molecule has 1 saturated heterocycles. The molecule has 19 heavy (non-hydrogen) atoms. The molecule has 2 fully saturated rings. The molecular formula is C14H23NO4. The number of carboxylic acids is 1. The van der Waals surface area contributed by atoms with Gasteiger partial charge in [-0.2, -0.15) is 0 Å². The number of carbonyl (C=O) groups excluding carboxylic acids is 1. The third-order valence-corrected chi connectivity index (χ3v) is 4.44. The molecule has 1 N–H and O–H groups in total. The number of hydrogen-bond acceptors (Lipinski definition) is 3. The summed E-state index contributed by atoms with van der Waals surface area (Å²) in [5, 5.41) is 9.31. The molecule has 0 aromatic heterocycles. The van der Waals surface area contributed by atoms with Crippen LogP contribution in [0.25, 0.3) is 0 Å². The van der Waals surface area contributed by atoms with Gasteiger partial charge in [0, 0.05) is 6.54 Å². The Morgan fingerprint density at radius 2 is 1.84 bits per heavy atom. The van der Waals surface area contributed by atoms with Crippen LogP contribution >= 0.6 is 0 Å². The lowest BCUT2D eigenvalue weighted by Crippen LogP contribution is -2.43. The van der Waals surface area contributed by atoms with E-state index in [-0.39, 0.29) is 10.8 Å². The maximum atomic E-state index is 12.1. The van der Waals surface area contributed by atoms with E-state index >= 15 is 0 Å². The molecule has 5 heteroatoms. The average molecular weight is 269 g/mol. The second-order valence-electron chi connectivity index (χ2n) is 7.51. The van der Waals surface area contributed by atoms with Crippen molar-refractivity contribution in [2.45, 2.75) is 59.1 Å². The van der Waals surface area contributed by atoms with E-state index in [1.165, 1.54) is 4.90 Å². The number of nitrogens with zero attached hydrogens (tertiary/aromatic N) is 1. The fourth-order valence-corrected chi connectivity index (χ4v) is 3.13. The summed E-state index contributed by atoms with van der Waals surface area (Å²) in [4.78, 5) is 24.9. The second-order valence-corrected chi connectivity index (χ2v) is 7.51. The van der Waals surface area contributed by atoms with Crippen molar-refractivity contribution >= 4 is 12.1 Å². The molecule has 1 saturated carbocycles. The zero-order valence-corrected chi connectivity index (χ0v) is 12.3. The summed E-state index contributed by atoms with van der Waals surface area (Å²) in [7, 11) is 0. The fourth-order valence-electron chi connectivity index (χ4n) is 3.13. The van der Waals surface area contributed by atoms with Gasteiger partial charge in [0.1, 0.15) is 11.6 Å². The minimum absolute atomic E-state index is 0.0348. The maximum absolute atomic E-state index is 12.1. The Morgan fingerprint density at radius 3 is 2.21 bits per heavy atom. The molecule has 1 aliphatic heterocycles. The van der Waals surface area contributed by atoms with Crippen LogP contribution < -0.4 is 0 Å². The summed E-state index contributed by atoms with van der Waals surface area (Å²) in [6, 6.07) is -0.753. The van der Waals surface area contributed by atoms with E-state index < -0.39 is 23.7 Å². The second kappa shape index (κ2) is 3.87. The van der Waals surface area contributed by atoms with Crippen molar-refractivity contribution in [2.75, 3.05) is 6.54 Å². The number of hydrogen-bond donors (Lipinski definition) is 1. The Bertz CT molecular complexity index is 424. The van der Waals surface area contributed by atoms with E-state index in [0.29, 0.717) is 13.0 Å². The molecule has 1 spiro atoms. The lowest BCUT2D eigenvalue weighted by atomic mass is 9.93. The predicted molar refractivity (Wildman–Crippen MR) is 69.8 cm³/mol. The largest absolute Gasteiger partial charge is 0.480 e. The summed E-state index contributed by atoms with van der Waals surface area (Å²) < 4.78 is 5.31. The van der Waals surface area contributed by atoms with Crippen LogP contribution in [0.2, 0.25) is 0 Å². The number of carboxylic acid groups (broad SMARTS) is 1. The Balaban J connectivity index is 2.15. The standard InChI is InChI=1S/C14H23NO4/c1-12(2,3)19-11(18)15-8-14(7-13(14,4)5)6-9(15)10(16)17/h9H,6-8H2,1-5H3,(H,16,17)/t9?,14-/m0/s1. The SMILES string of the molecule is CC(C)(C)OC(=O)N1C[C@]2(CC1C(=O)O)CC2(C)C. The average Bonchev–Trinajstić information content (AvgIpc) is 2.55. The molecule has 0 aromatic carbocycles. The summed E-state index contributed by atoms with van der Waals surface area (Å²) in [5.41, 5.74) is -0.515. The highest BCUT2D eigenvalue weighted by molar-refractivity contribution is 5.81. The molecule has 0 aromatic rings. The van der Waals surface area contributed by atoms with Crippen molar-refractivity contribution < 1.29 is 19.4 Å². The predicted octanol–water partition coefficient (Wildman–Crippen LogP) is 2.50. The highest BCUT2D eigenvalue weighted by atomic mass is 16.6. The summed E-state index contributed by atoms with van der Waals surface area (Å²) >= 11 is 0. The lowest BCUT2D eigenvalue weighted by molar-refractivity contribution is -0.142. The Labute approximate surface area is 113 Å². The van der Waals surface area contributed by atoms with E-state index in [4.69, 9.17) is 4.74 Å². The molecule has 0 radical (unpaired) electrons. The van der Waals surface area contributed by atoms with Crippen molar-refractivity contribution in [3.05, 3.63) is 0 Å². The van der Waals surface area contributed by atoms with Crippen molar-refractivity contribution in [3.8, 4) is 0 Å². The zero-order chi connectivity index (χ0) is 14.6. The number of carbonyl (C=O) groups is 2. The molecule has 2 aliphatic rings. The van der Waals surface area contributed by atoms with Gasteiger partial charge in [0.2, 0.25) is 0 Å². The molecule has 5 nitrogen and oxygen atoms in total. The number of aliphatic carboxylic acids is 1. The van der Waals surface area contributed by atoms with E-state index in [1.54, 1.807) is 20.8 Å². The van der Waals surface area contributed by atoms with Crippen LogP contribution in [0, 0.1) is 10.8 Å². The van der Waals surface area contributed by atoms with Gasteiger partial charge < -0.3 is 9.84 Å². The number of rotatable bonds is 1. The van der Waals surface area contributed by atoms with E-state index in [1.807, 2.05) is 0 Å². The molecule has 1 amide bonds. The van der Waals surface area contributed by atoms with Gasteiger partial charge in [-0.1, -0.05) is 13.8 Å².